The number of phenols is 1. The van der Waals surface area contributed by atoms with Crippen LogP contribution in [0.2, 0.25) is 0 Å². The van der Waals surface area contributed by atoms with E-state index in [4.69, 9.17) is 0 Å². The Morgan fingerprint density at radius 1 is 1.16 bits per heavy atom. The standard InChI is InChI=1S/C19H20N4O2/c1-13-21-22-19(23(13)2)18(15-8-4-3-5-9-15)20-17(25)12-14-7-6-10-16(24)11-14/h3-11,18,24H,12H2,1-2H3,(H,20,25). The van der Waals surface area contributed by atoms with Crippen LogP contribution in [-0.4, -0.2) is 25.8 Å². The number of carbonyl (C=O) groups excluding carboxylic acids is 1. The highest BCUT2D eigenvalue weighted by Crippen LogP contribution is 2.21. The third-order valence-electron chi connectivity index (χ3n) is 4.10. The molecule has 128 valence electrons. The summed E-state index contributed by atoms with van der Waals surface area (Å²) in [7, 11) is 1.88. The number of aromatic hydroxyl groups is 1. The van der Waals surface area contributed by atoms with Gasteiger partial charge < -0.3 is 15.0 Å². The lowest BCUT2D eigenvalue weighted by Gasteiger charge is -2.19. The maximum Gasteiger partial charge on any atom is 0.225 e. The molecule has 2 aromatic carbocycles. The summed E-state index contributed by atoms with van der Waals surface area (Å²) in [5, 5.41) is 20.9. The summed E-state index contributed by atoms with van der Waals surface area (Å²) in [6.07, 6.45) is 0.175. The van der Waals surface area contributed by atoms with Crippen LogP contribution in [0.5, 0.6) is 5.75 Å². The van der Waals surface area contributed by atoms with E-state index < -0.39 is 6.04 Å². The number of nitrogens with one attached hydrogen (secondary N) is 1. The molecule has 1 unspecified atom stereocenters. The molecule has 6 heteroatoms. The molecule has 0 saturated carbocycles. The first kappa shape index (κ1) is 16.7. The highest BCUT2D eigenvalue weighted by atomic mass is 16.3. The van der Waals surface area contributed by atoms with E-state index in [0.717, 1.165) is 17.0 Å². The number of aryl methyl sites for hydroxylation is 1. The maximum atomic E-state index is 12.5. The molecule has 0 aliphatic carbocycles. The van der Waals surface area contributed by atoms with Gasteiger partial charge >= 0.3 is 0 Å². The fraction of sp³-hybridized carbons (Fsp3) is 0.211. The lowest BCUT2D eigenvalue weighted by atomic mass is 10.1. The van der Waals surface area contributed by atoms with Crippen LogP contribution >= 0.6 is 0 Å². The Morgan fingerprint density at radius 3 is 2.56 bits per heavy atom. The van der Waals surface area contributed by atoms with E-state index in [-0.39, 0.29) is 18.1 Å². The molecule has 0 aliphatic rings. The minimum Gasteiger partial charge on any atom is -0.508 e. The number of hydrogen-bond donors (Lipinski definition) is 2. The van der Waals surface area contributed by atoms with Crippen molar-refractivity contribution in [3.05, 3.63) is 77.4 Å². The summed E-state index contributed by atoms with van der Waals surface area (Å²) in [5.74, 6) is 1.44. The predicted octanol–water partition coefficient (Wildman–Crippen LogP) is 2.28. The number of benzene rings is 2. The SMILES string of the molecule is Cc1nnc(C(NC(=O)Cc2cccc(O)c2)c2ccccc2)n1C. The zero-order valence-corrected chi connectivity index (χ0v) is 14.2. The first-order valence-electron chi connectivity index (χ1n) is 8.02. The van der Waals surface area contributed by atoms with Crippen LogP contribution in [-0.2, 0) is 18.3 Å². The molecule has 1 amide bonds. The zero-order valence-electron chi connectivity index (χ0n) is 14.2. The highest BCUT2D eigenvalue weighted by molar-refractivity contribution is 5.79. The fourth-order valence-corrected chi connectivity index (χ4v) is 2.68. The minimum absolute atomic E-state index is 0.147. The van der Waals surface area contributed by atoms with Gasteiger partial charge in [0.25, 0.3) is 0 Å². The molecule has 1 atom stereocenters. The maximum absolute atomic E-state index is 12.5. The molecule has 1 heterocycles. The van der Waals surface area contributed by atoms with Gasteiger partial charge in [-0.2, -0.15) is 0 Å². The van der Waals surface area contributed by atoms with Gasteiger partial charge in [-0.05, 0) is 30.2 Å². The quantitative estimate of drug-likeness (QED) is 0.749. The fourth-order valence-electron chi connectivity index (χ4n) is 2.68. The number of carbonyl (C=O) groups is 1. The summed E-state index contributed by atoms with van der Waals surface area (Å²) in [5.41, 5.74) is 1.68. The Labute approximate surface area is 146 Å². The predicted molar refractivity (Wildman–Crippen MR) is 94.0 cm³/mol. The topological polar surface area (TPSA) is 80.0 Å². The molecule has 1 aromatic heterocycles. The third-order valence-corrected chi connectivity index (χ3v) is 4.10. The second-order valence-corrected chi connectivity index (χ2v) is 5.92. The summed E-state index contributed by atoms with van der Waals surface area (Å²) in [6, 6.07) is 16.0. The molecular weight excluding hydrogens is 316 g/mol. The second-order valence-electron chi connectivity index (χ2n) is 5.92. The number of amides is 1. The van der Waals surface area contributed by atoms with Gasteiger partial charge in [0, 0.05) is 7.05 Å². The third kappa shape index (κ3) is 3.85. The minimum atomic E-state index is -0.391. The molecule has 0 saturated heterocycles. The van der Waals surface area contributed by atoms with Crippen LogP contribution in [0.15, 0.2) is 54.6 Å². The molecule has 0 spiro atoms. The van der Waals surface area contributed by atoms with E-state index in [0.29, 0.717) is 5.82 Å². The van der Waals surface area contributed by atoms with Gasteiger partial charge in [0.15, 0.2) is 5.82 Å². The molecule has 0 fully saturated rings. The van der Waals surface area contributed by atoms with Gasteiger partial charge in [0.2, 0.25) is 5.91 Å². The smallest absolute Gasteiger partial charge is 0.225 e. The van der Waals surface area contributed by atoms with E-state index in [1.807, 2.05) is 54.9 Å². The Morgan fingerprint density at radius 2 is 1.92 bits per heavy atom. The molecule has 25 heavy (non-hydrogen) atoms. The Bertz CT molecular complexity index is 874. The Hall–Kier alpha value is -3.15. The van der Waals surface area contributed by atoms with Crippen LogP contribution in [0.1, 0.15) is 28.8 Å². The van der Waals surface area contributed by atoms with E-state index in [2.05, 4.69) is 15.5 Å². The van der Waals surface area contributed by atoms with Crippen molar-refractivity contribution in [3.8, 4) is 5.75 Å². The molecule has 0 aliphatic heterocycles. The van der Waals surface area contributed by atoms with E-state index in [9.17, 15) is 9.90 Å². The second kappa shape index (κ2) is 7.17. The summed E-state index contributed by atoms with van der Waals surface area (Å²) in [6.45, 7) is 1.87. The lowest BCUT2D eigenvalue weighted by molar-refractivity contribution is -0.121. The summed E-state index contributed by atoms with van der Waals surface area (Å²) < 4.78 is 1.87. The Balaban J connectivity index is 1.85. The molecular formula is C19H20N4O2. The van der Waals surface area contributed by atoms with Crippen molar-refractivity contribution in [3.63, 3.8) is 0 Å². The summed E-state index contributed by atoms with van der Waals surface area (Å²) >= 11 is 0. The largest absolute Gasteiger partial charge is 0.508 e. The van der Waals surface area contributed by atoms with Gasteiger partial charge in [-0.25, -0.2) is 0 Å². The van der Waals surface area contributed by atoms with Crippen LogP contribution in [0, 0.1) is 6.92 Å². The number of phenolic OH excluding ortho intramolecular Hbond substituents is 1. The van der Waals surface area contributed by atoms with E-state index in [1.54, 1.807) is 18.2 Å². The average Bonchev–Trinajstić information content (AvgIpc) is 2.93. The first-order chi connectivity index (χ1) is 12.0. The van der Waals surface area contributed by atoms with Gasteiger partial charge in [0.1, 0.15) is 17.6 Å². The van der Waals surface area contributed by atoms with Crippen molar-refractivity contribution in [2.24, 2.45) is 7.05 Å². The van der Waals surface area contributed by atoms with Crippen molar-refractivity contribution in [1.29, 1.82) is 0 Å². The van der Waals surface area contributed by atoms with Crippen LogP contribution in [0.4, 0.5) is 0 Å². The van der Waals surface area contributed by atoms with Crippen LogP contribution in [0.25, 0.3) is 0 Å². The highest BCUT2D eigenvalue weighted by Gasteiger charge is 2.22. The first-order valence-corrected chi connectivity index (χ1v) is 8.02. The van der Waals surface area contributed by atoms with Gasteiger partial charge in [-0.3, -0.25) is 4.79 Å². The molecule has 0 radical (unpaired) electrons. The normalized spacial score (nSPS) is 11.9. The van der Waals surface area contributed by atoms with Gasteiger partial charge in [0.05, 0.1) is 6.42 Å². The van der Waals surface area contributed by atoms with Crippen LogP contribution in [0.3, 0.4) is 0 Å². The molecule has 3 rings (SSSR count). The van der Waals surface area contributed by atoms with E-state index in [1.165, 1.54) is 0 Å². The zero-order chi connectivity index (χ0) is 17.8. The Kier molecular flexibility index (Phi) is 4.79. The summed E-state index contributed by atoms with van der Waals surface area (Å²) in [4.78, 5) is 12.5. The molecule has 0 bridgehead atoms. The lowest BCUT2D eigenvalue weighted by Crippen LogP contribution is -2.32. The van der Waals surface area contributed by atoms with Crippen molar-refractivity contribution >= 4 is 5.91 Å². The number of nitrogens with zero attached hydrogens (tertiary/aromatic N) is 3. The monoisotopic (exact) mass is 336 g/mol. The van der Waals surface area contributed by atoms with Gasteiger partial charge in [-0.15, -0.1) is 10.2 Å². The number of hydrogen-bond acceptors (Lipinski definition) is 4. The van der Waals surface area contributed by atoms with Crippen molar-refractivity contribution in [2.75, 3.05) is 0 Å². The molecule has 2 N–H and O–H groups in total. The number of aromatic nitrogens is 3. The van der Waals surface area contributed by atoms with E-state index >= 15 is 0 Å². The number of rotatable bonds is 5. The average molecular weight is 336 g/mol. The van der Waals surface area contributed by atoms with Crippen LogP contribution < -0.4 is 5.32 Å². The van der Waals surface area contributed by atoms with Gasteiger partial charge in [-0.1, -0.05) is 42.5 Å². The van der Waals surface area contributed by atoms with Crippen molar-refractivity contribution < 1.29 is 9.90 Å². The molecule has 6 nitrogen and oxygen atoms in total. The van der Waals surface area contributed by atoms with Crippen molar-refractivity contribution in [2.45, 2.75) is 19.4 Å². The molecule has 3 aromatic rings. The van der Waals surface area contributed by atoms with Crippen molar-refractivity contribution in [1.82, 2.24) is 20.1 Å².